The van der Waals surface area contributed by atoms with E-state index in [-0.39, 0.29) is 16.6 Å². The Labute approximate surface area is 120 Å². The summed E-state index contributed by atoms with van der Waals surface area (Å²) in [5, 5.41) is 0. The zero-order valence-electron chi connectivity index (χ0n) is 14.4. The molecule has 1 saturated carbocycles. The Bertz CT molecular complexity index is 304. The van der Waals surface area contributed by atoms with Crippen LogP contribution in [0.4, 0.5) is 0 Å². The van der Waals surface area contributed by atoms with Gasteiger partial charge in [0.25, 0.3) is 0 Å². The van der Waals surface area contributed by atoms with Gasteiger partial charge in [0.15, 0.2) is 0 Å². The van der Waals surface area contributed by atoms with Crippen LogP contribution in [0.1, 0.15) is 74.7 Å². The summed E-state index contributed by atoms with van der Waals surface area (Å²) in [6, 6.07) is 0. The maximum Gasteiger partial charge on any atom is 0.0712 e. The molecule has 0 spiro atoms. The highest BCUT2D eigenvalue weighted by atomic mass is 16.5. The van der Waals surface area contributed by atoms with Gasteiger partial charge in [-0.15, -0.1) is 0 Å². The molecule has 0 saturated heterocycles. The summed E-state index contributed by atoms with van der Waals surface area (Å²) in [5.74, 6) is 0. The Morgan fingerprint density at radius 3 is 1.95 bits per heavy atom. The van der Waals surface area contributed by atoms with Gasteiger partial charge in [0, 0.05) is 13.2 Å². The van der Waals surface area contributed by atoms with Gasteiger partial charge < -0.3 is 9.47 Å². The van der Waals surface area contributed by atoms with Crippen LogP contribution >= 0.6 is 0 Å². The minimum absolute atomic E-state index is 0.0789. The lowest BCUT2D eigenvalue weighted by molar-refractivity contribution is -0.106. The zero-order valence-corrected chi connectivity index (χ0v) is 14.4. The molecule has 0 aromatic heterocycles. The molecule has 1 aliphatic carbocycles. The van der Waals surface area contributed by atoms with Crippen molar-refractivity contribution in [1.29, 1.82) is 0 Å². The fourth-order valence-corrected chi connectivity index (χ4v) is 2.35. The normalized spacial score (nSPS) is 26.5. The molecule has 1 fully saturated rings. The second-order valence-electron chi connectivity index (χ2n) is 8.09. The first kappa shape index (κ1) is 17.0. The monoisotopic (exact) mass is 270 g/mol. The molecule has 1 atom stereocenters. The maximum atomic E-state index is 6.09. The van der Waals surface area contributed by atoms with Crippen LogP contribution in [0.15, 0.2) is 0 Å². The average molecular weight is 270 g/mol. The Kier molecular flexibility index (Phi) is 4.79. The first-order chi connectivity index (χ1) is 8.47. The summed E-state index contributed by atoms with van der Waals surface area (Å²) >= 11 is 0. The summed E-state index contributed by atoms with van der Waals surface area (Å²) in [7, 11) is 0. The molecule has 1 rings (SSSR count). The van der Waals surface area contributed by atoms with Gasteiger partial charge in [-0.2, -0.15) is 0 Å². The van der Waals surface area contributed by atoms with E-state index in [0.29, 0.717) is 5.41 Å². The Morgan fingerprint density at radius 2 is 1.53 bits per heavy atom. The molecule has 114 valence electrons. The van der Waals surface area contributed by atoms with Gasteiger partial charge in [0.05, 0.1) is 11.2 Å². The maximum absolute atomic E-state index is 6.09. The lowest BCUT2D eigenvalue weighted by Crippen LogP contribution is -2.41. The van der Waals surface area contributed by atoms with E-state index in [1.807, 2.05) is 0 Å². The second-order valence-corrected chi connectivity index (χ2v) is 8.09. The quantitative estimate of drug-likeness (QED) is 0.589. The smallest absolute Gasteiger partial charge is 0.0712 e. The minimum Gasteiger partial charge on any atom is -0.375 e. The van der Waals surface area contributed by atoms with E-state index >= 15 is 0 Å². The SMILES string of the molecule is CCC(C)(C)C(C)(C)OCCCOC1(C)CC1(C)C. The molecular formula is C17H34O2. The van der Waals surface area contributed by atoms with Gasteiger partial charge in [-0.1, -0.05) is 34.6 Å². The molecular weight excluding hydrogens is 236 g/mol. The Hall–Kier alpha value is -0.0800. The van der Waals surface area contributed by atoms with Crippen molar-refractivity contribution >= 4 is 0 Å². The summed E-state index contributed by atoms with van der Waals surface area (Å²) in [4.78, 5) is 0. The van der Waals surface area contributed by atoms with Crippen molar-refractivity contribution < 1.29 is 9.47 Å². The molecule has 2 heteroatoms. The molecule has 0 aliphatic heterocycles. The van der Waals surface area contributed by atoms with Crippen LogP contribution in [0, 0.1) is 10.8 Å². The van der Waals surface area contributed by atoms with Crippen molar-refractivity contribution in [2.24, 2.45) is 10.8 Å². The third-order valence-corrected chi connectivity index (χ3v) is 5.77. The topological polar surface area (TPSA) is 18.5 Å². The molecule has 0 amide bonds. The van der Waals surface area contributed by atoms with Crippen LogP contribution in [0.5, 0.6) is 0 Å². The number of hydrogen-bond acceptors (Lipinski definition) is 2. The summed E-state index contributed by atoms with van der Waals surface area (Å²) in [5.41, 5.74) is 0.589. The van der Waals surface area contributed by atoms with E-state index in [0.717, 1.165) is 26.1 Å². The molecule has 19 heavy (non-hydrogen) atoms. The standard InChI is InChI=1S/C17H34O2/c1-9-14(2,3)16(6,7)18-11-10-12-19-17(8)13-15(17,4)5/h9-13H2,1-8H3. The molecule has 0 aromatic rings. The predicted molar refractivity (Wildman–Crippen MR) is 81.5 cm³/mol. The minimum atomic E-state index is -0.0789. The first-order valence-corrected chi connectivity index (χ1v) is 7.75. The number of rotatable bonds is 8. The molecule has 0 radical (unpaired) electrons. The number of hydrogen-bond donors (Lipinski definition) is 0. The van der Waals surface area contributed by atoms with Gasteiger partial charge >= 0.3 is 0 Å². The first-order valence-electron chi connectivity index (χ1n) is 7.75. The molecule has 0 heterocycles. The van der Waals surface area contributed by atoms with E-state index in [1.54, 1.807) is 0 Å². The molecule has 1 aliphatic rings. The van der Waals surface area contributed by atoms with Crippen molar-refractivity contribution in [3.63, 3.8) is 0 Å². The van der Waals surface area contributed by atoms with Crippen molar-refractivity contribution in [1.82, 2.24) is 0 Å². The highest BCUT2D eigenvalue weighted by molar-refractivity contribution is 5.09. The fourth-order valence-electron chi connectivity index (χ4n) is 2.35. The number of ether oxygens (including phenoxy) is 2. The van der Waals surface area contributed by atoms with Crippen LogP contribution in [0.2, 0.25) is 0 Å². The van der Waals surface area contributed by atoms with Crippen LogP contribution in [0.3, 0.4) is 0 Å². The van der Waals surface area contributed by atoms with Gasteiger partial charge in [0.2, 0.25) is 0 Å². The van der Waals surface area contributed by atoms with E-state index in [4.69, 9.17) is 9.47 Å². The van der Waals surface area contributed by atoms with Crippen LogP contribution < -0.4 is 0 Å². The van der Waals surface area contributed by atoms with Crippen LogP contribution in [-0.2, 0) is 9.47 Å². The fraction of sp³-hybridized carbons (Fsp3) is 1.00. The largest absolute Gasteiger partial charge is 0.375 e. The van der Waals surface area contributed by atoms with E-state index in [2.05, 4.69) is 55.4 Å². The average Bonchev–Trinajstić information content (AvgIpc) is 2.77. The zero-order chi connectivity index (χ0) is 14.9. The molecule has 2 nitrogen and oxygen atoms in total. The third kappa shape index (κ3) is 3.72. The van der Waals surface area contributed by atoms with Gasteiger partial charge in [-0.05, 0) is 50.9 Å². The second kappa shape index (κ2) is 5.37. The highest BCUT2D eigenvalue weighted by Crippen LogP contribution is 2.57. The van der Waals surface area contributed by atoms with E-state index < -0.39 is 0 Å². The van der Waals surface area contributed by atoms with E-state index in [1.165, 1.54) is 6.42 Å². The van der Waals surface area contributed by atoms with Gasteiger partial charge in [0.1, 0.15) is 0 Å². The third-order valence-electron chi connectivity index (χ3n) is 5.77. The van der Waals surface area contributed by atoms with Crippen molar-refractivity contribution in [2.45, 2.75) is 85.9 Å². The predicted octanol–water partition coefficient (Wildman–Crippen LogP) is 4.81. The van der Waals surface area contributed by atoms with Crippen LogP contribution in [-0.4, -0.2) is 24.4 Å². The van der Waals surface area contributed by atoms with Crippen LogP contribution in [0.25, 0.3) is 0 Å². The molecule has 0 N–H and O–H groups in total. The molecule has 1 unspecified atom stereocenters. The Balaban J connectivity index is 2.21. The van der Waals surface area contributed by atoms with Crippen molar-refractivity contribution in [2.75, 3.05) is 13.2 Å². The summed E-state index contributed by atoms with van der Waals surface area (Å²) in [6.45, 7) is 19.5. The molecule has 0 bridgehead atoms. The summed E-state index contributed by atoms with van der Waals surface area (Å²) < 4.78 is 12.1. The van der Waals surface area contributed by atoms with Crippen molar-refractivity contribution in [3.8, 4) is 0 Å². The lowest BCUT2D eigenvalue weighted by atomic mass is 9.75. The lowest BCUT2D eigenvalue weighted by Gasteiger charge is -2.41. The van der Waals surface area contributed by atoms with Crippen molar-refractivity contribution in [3.05, 3.63) is 0 Å². The Morgan fingerprint density at radius 1 is 1.00 bits per heavy atom. The molecule has 0 aromatic carbocycles. The summed E-state index contributed by atoms with van der Waals surface area (Å²) in [6.07, 6.45) is 3.28. The van der Waals surface area contributed by atoms with Gasteiger partial charge in [-0.25, -0.2) is 0 Å². The van der Waals surface area contributed by atoms with Gasteiger partial charge in [-0.3, -0.25) is 0 Å². The highest BCUT2D eigenvalue weighted by Gasteiger charge is 2.58. The van der Waals surface area contributed by atoms with E-state index in [9.17, 15) is 0 Å².